The number of hydrogen-bond donors (Lipinski definition) is 2. The summed E-state index contributed by atoms with van der Waals surface area (Å²) in [6.07, 6.45) is 9.04. The van der Waals surface area contributed by atoms with Crippen LogP contribution in [0.15, 0.2) is 60.8 Å². The van der Waals surface area contributed by atoms with Crippen molar-refractivity contribution in [1.29, 1.82) is 0 Å². The number of carbonyl (C=O) groups is 2. The minimum absolute atomic E-state index is 0.0370. The SMILES string of the molecule is O=C1COc2ccccc2C/C=C/CC2(CCN(Cc3ccccn3)CC2)C(=O)NCCN1. The second kappa shape index (κ2) is 11.1. The van der Waals surface area contributed by atoms with Gasteiger partial charge in [-0.05, 0) is 62.5 Å². The lowest BCUT2D eigenvalue weighted by molar-refractivity contribution is -0.134. The fourth-order valence-corrected chi connectivity index (χ4v) is 4.48. The van der Waals surface area contributed by atoms with Crippen molar-refractivity contribution in [2.75, 3.05) is 32.8 Å². The summed E-state index contributed by atoms with van der Waals surface area (Å²) >= 11 is 0. The number of aromatic nitrogens is 1. The van der Waals surface area contributed by atoms with Crippen molar-refractivity contribution in [3.05, 3.63) is 72.1 Å². The third kappa shape index (κ3) is 6.20. The van der Waals surface area contributed by atoms with E-state index in [1.807, 2.05) is 48.7 Å². The lowest BCUT2D eigenvalue weighted by Crippen LogP contribution is -2.49. The Labute approximate surface area is 195 Å². The highest BCUT2D eigenvalue weighted by molar-refractivity contribution is 5.83. The molecule has 174 valence electrons. The maximum Gasteiger partial charge on any atom is 0.258 e. The van der Waals surface area contributed by atoms with Crippen molar-refractivity contribution < 1.29 is 14.3 Å². The molecule has 0 bridgehead atoms. The van der Waals surface area contributed by atoms with Crippen LogP contribution in [-0.2, 0) is 22.6 Å². The topological polar surface area (TPSA) is 83.6 Å². The number of allylic oxidation sites excluding steroid dienone is 2. The molecule has 3 heterocycles. The largest absolute Gasteiger partial charge is 0.483 e. The maximum absolute atomic E-state index is 13.3. The second-order valence-electron chi connectivity index (χ2n) is 8.76. The minimum atomic E-state index is -0.433. The number of hydrogen-bond acceptors (Lipinski definition) is 5. The first-order chi connectivity index (χ1) is 16.1. The first-order valence-corrected chi connectivity index (χ1v) is 11.7. The smallest absolute Gasteiger partial charge is 0.258 e. The van der Waals surface area contributed by atoms with Crippen LogP contribution < -0.4 is 15.4 Å². The molecule has 1 aromatic heterocycles. The average Bonchev–Trinajstić information content (AvgIpc) is 2.85. The Morgan fingerprint density at radius 3 is 2.58 bits per heavy atom. The number of benzene rings is 1. The normalized spacial score (nSPS) is 21.0. The first kappa shape index (κ1) is 23.0. The van der Waals surface area contributed by atoms with Gasteiger partial charge in [0, 0.05) is 25.8 Å². The number of likely N-dealkylation sites (tertiary alicyclic amines) is 1. The molecule has 2 aliphatic heterocycles. The zero-order valence-corrected chi connectivity index (χ0v) is 19.0. The highest BCUT2D eigenvalue weighted by Gasteiger charge is 2.40. The van der Waals surface area contributed by atoms with E-state index in [-0.39, 0.29) is 18.4 Å². The van der Waals surface area contributed by atoms with E-state index in [1.165, 1.54) is 0 Å². The van der Waals surface area contributed by atoms with Crippen molar-refractivity contribution in [3.63, 3.8) is 0 Å². The summed E-state index contributed by atoms with van der Waals surface area (Å²) in [5.74, 6) is 0.603. The van der Waals surface area contributed by atoms with E-state index in [0.29, 0.717) is 25.9 Å². The van der Waals surface area contributed by atoms with Crippen LogP contribution in [0.2, 0.25) is 0 Å². The molecule has 2 amide bonds. The van der Waals surface area contributed by atoms with Crippen molar-refractivity contribution in [3.8, 4) is 5.75 Å². The zero-order valence-electron chi connectivity index (χ0n) is 19.0. The third-order valence-corrected chi connectivity index (χ3v) is 6.48. The fraction of sp³-hybridized carbons (Fsp3) is 0.423. The standard InChI is InChI=1S/C26H32N4O3/c31-24-20-33-23-10-2-1-7-21(23)8-3-5-11-26(25(32)29-16-15-28-24)12-17-30(18-13-26)19-22-9-4-6-14-27-22/h1-7,9-10,14H,8,11-13,15-20H2,(H,28,31)(H,29,32)/b5-3+. The molecule has 1 aromatic carbocycles. The summed E-state index contributed by atoms with van der Waals surface area (Å²) in [6, 6.07) is 13.7. The van der Waals surface area contributed by atoms with E-state index in [0.717, 1.165) is 49.5 Å². The van der Waals surface area contributed by atoms with Crippen molar-refractivity contribution in [2.45, 2.75) is 32.2 Å². The Morgan fingerprint density at radius 1 is 0.970 bits per heavy atom. The molecular formula is C26H32N4O3. The predicted octanol–water partition coefficient (Wildman–Crippen LogP) is 2.48. The molecule has 0 saturated carbocycles. The first-order valence-electron chi connectivity index (χ1n) is 11.7. The van der Waals surface area contributed by atoms with Crippen LogP contribution in [0.1, 0.15) is 30.5 Å². The van der Waals surface area contributed by atoms with Crippen LogP contribution in [0.3, 0.4) is 0 Å². The van der Waals surface area contributed by atoms with Gasteiger partial charge in [0.05, 0.1) is 11.1 Å². The van der Waals surface area contributed by atoms with E-state index < -0.39 is 5.41 Å². The molecule has 7 nitrogen and oxygen atoms in total. The van der Waals surface area contributed by atoms with E-state index in [1.54, 1.807) is 0 Å². The minimum Gasteiger partial charge on any atom is -0.483 e. The number of rotatable bonds is 2. The Balaban J connectivity index is 1.45. The van der Waals surface area contributed by atoms with Crippen molar-refractivity contribution in [1.82, 2.24) is 20.5 Å². The number of piperidine rings is 1. The number of para-hydroxylation sites is 1. The van der Waals surface area contributed by atoms with Crippen LogP contribution in [0.5, 0.6) is 5.75 Å². The summed E-state index contributed by atoms with van der Waals surface area (Å²) in [5, 5.41) is 5.88. The van der Waals surface area contributed by atoms with Gasteiger partial charge >= 0.3 is 0 Å². The molecule has 2 N–H and O–H groups in total. The van der Waals surface area contributed by atoms with Gasteiger partial charge in [-0.15, -0.1) is 0 Å². The number of fused-ring (bicyclic) bond motifs is 1. The van der Waals surface area contributed by atoms with Gasteiger partial charge < -0.3 is 15.4 Å². The van der Waals surface area contributed by atoms with Gasteiger partial charge in [0.15, 0.2) is 6.61 Å². The van der Waals surface area contributed by atoms with Crippen LogP contribution in [-0.4, -0.2) is 54.5 Å². The molecule has 7 heteroatoms. The van der Waals surface area contributed by atoms with E-state index >= 15 is 0 Å². The molecular weight excluding hydrogens is 416 g/mol. The van der Waals surface area contributed by atoms with Gasteiger partial charge in [-0.3, -0.25) is 19.5 Å². The number of nitrogens with zero attached hydrogens (tertiary/aromatic N) is 2. The Bertz CT molecular complexity index is 969. The maximum atomic E-state index is 13.3. The fourth-order valence-electron chi connectivity index (χ4n) is 4.48. The molecule has 0 aliphatic carbocycles. The molecule has 2 aromatic rings. The highest BCUT2D eigenvalue weighted by Crippen LogP contribution is 2.36. The monoisotopic (exact) mass is 448 g/mol. The number of amides is 2. The molecule has 1 saturated heterocycles. The molecule has 33 heavy (non-hydrogen) atoms. The molecule has 0 unspecified atom stereocenters. The van der Waals surface area contributed by atoms with Gasteiger partial charge in [0.1, 0.15) is 5.75 Å². The average molecular weight is 449 g/mol. The summed E-state index contributed by atoms with van der Waals surface area (Å²) < 4.78 is 5.72. The van der Waals surface area contributed by atoms with Gasteiger partial charge in [0.25, 0.3) is 5.91 Å². The molecule has 0 radical (unpaired) electrons. The molecule has 0 atom stereocenters. The molecule has 2 aliphatic rings. The van der Waals surface area contributed by atoms with Crippen LogP contribution >= 0.6 is 0 Å². The summed E-state index contributed by atoms with van der Waals surface area (Å²) in [6.45, 7) is 3.26. The Morgan fingerprint density at radius 2 is 1.76 bits per heavy atom. The molecule has 4 rings (SSSR count). The predicted molar refractivity (Wildman–Crippen MR) is 127 cm³/mol. The van der Waals surface area contributed by atoms with Crippen LogP contribution in [0.25, 0.3) is 0 Å². The van der Waals surface area contributed by atoms with E-state index in [2.05, 4.69) is 32.7 Å². The van der Waals surface area contributed by atoms with Crippen molar-refractivity contribution >= 4 is 11.8 Å². The van der Waals surface area contributed by atoms with Gasteiger partial charge in [-0.2, -0.15) is 0 Å². The van der Waals surface area contributed by atoms with Crippen molar-refractivity contribution in [2.24, 2.45) is 5.41 Å². The summed E-state index contributed by atoms with van der Waals surface area (Å²) in [4.78, 5) is 32.2. The molecule has 1 spiro atoms. The quantitative estimate of drug-likeness (QED) is 0.690. The van der Waals surface area contributed by atoms with E-state index in [9.17, 15) is 9.59 Å². The number of carbonyl (C=O) groups excluding carboxylic acids is 2. The number of ether oxygens (including phenoxy) is 1. The van der Waals surface area contributed by atoms with Gasteiger partial charge in [0.2, 0.25) is 5.91 Å². The lowest BCUT2D eigenvalue weighted by atomic mass is 9.74. The molecule has 1 fully saturated rings. The zero-order chi connectivity index (χ0) is 22.9. The van der Waals surface area contributed by atoms with Gasteiger partial charge in [-0.1, -0.05) is 36.4 Å². The summed E-state index contributed by atoms with van der Waals surface area (Å²) in [5.41, 5.74) is 1.65. The summed E-state index contributed by atoms with van der Waals surface area (Å²) in [7, 11) is 0. The van der Waals surface area contributed by atoms with Crippen LogP contribution in [0, 0.1) is 5.41 Å². The van der Waals surface area contributed by atoms with Gasteiger partial charge in [-0.25, -0.2) is 0 Å². The third-order valence-electron chi connectivity index (χ3n) is 6.48. The lowest BCUT2D eigenvalue weighted by Gasteiger charge is -2.40. The Hall–Kier alpha value is -3.19. The highest BCUT2D eigenvalue weighted by atomic mass is 16.5. The van der Waals surface area contributed by atoms with Crippen LogP contribution in [0.4, 0.5) is 0 Å². The second-order valence-corrected chi connectivity index (χ2v) is 8.76. The number of pyridine rings is 1. The van der Waals surface area contributed by atoms with E-state index in [4.69, 9.17) is 4.74 Å². The number of nitrogens with one attached hydrogen (secondary N) is 2. The Kier molecular flexibility index (Phi) is 7.73.